The van der Waals surface area contributed by atoms with E-state index in [-0.39, 0.29) is 5.82 Å². The lowest BCUT2D eigenvalue weighted by Crippen LogP contribution is -2.44. The number of carbonyl (C=O) groups is 2. The summed E-state index contributed by atoms with van der Waals surface area (Å²) in [6, 6.07) is 5.91. The highest BCUT2D eigenvalue weighted by Gasteiger charge is 2.29. The van der Waals surface area contributed by atoms with E-state index < -0.39 is 11.8 Å². The number of thioether (sulfide) groups is 1. The predicted octanol–water partition coefficient (Wildman–Crippen LogP) is 2.96. The fourth-order valence-corrected chi connectivity index (χ4v) is 4.46. The summed E-state index contributed by atoms with van der Waals surface area (Å²) in [6.07, 6.45) is 1.83. The molecule has 6 nitrogen and oxygen atoms in total. The monoisotopic (exact) mass is 388 g/mol. The number of likely N-dealkylation sites (tertiary alicyclic amines) is 1. The second-order valence-corrected chi connectivity index (χ2v) is 8.07. The van der Waals surface area contributed by atoms with Crippen LogP contribution in [-0.2, 0) is 21.1 Å². The van der Waals surface area contributed by atoms with Crippen molar-refractivity contribution in [3.8, 4) is 5.69 Å². The smallest absolute Gasteiger partial charge is 0.315 e. The van der Waals surface area contributed by atoms with Gasteiger partial charge in [0.2, 0.25) is 0 Å². The second kappa shape index (κ2) is 7.34. The van der Waals surface area contributed by atoms with Crippen molar-refractivity contribution in [2.24, 2.45) is 5.92 Å². The number of amides is 2. The van der Waals surface area contributed by atoms with Gasteiger partial charge in [0.15, 0.2) is 0 Å². The quantitative estimate of drug-likeness (QED) is 0.804. The van der Waals surface area contributed by atoms with Gasteiger partial charge in [-0.3, -0.25) is 9.59 Å². The molecule has 0 aliphatic carbocycles. The summed E-state index contributed by atoms with van der Waals surface area (Å²) in [6.45, 7) is 3.38. The van der Waals surface area contributed by atoms with Crippen molar-refractivity contribution in [1.29, 1.82) is 0 Å². The normalized spacial score (nSPS) is 17.0. The van der Waals surface area contributed by atoms with Gasteiger partial charge in [-0.15, -0.1) is 0 Å². The molecule has 142 valence electrons. The average Bonchev–Trinajstić information content (AvgIpc) is 3.25. The highest BCUT2D eigenvalue weighted by atomic mass is 32.2. The fourth-order valence-electron chi connectivity index (χ4n) is 3.43. The zero-order valence-electron chi connectivity index (χ0n) is 15.1. The van der Waals surface area contributed by atoms with Crippen LogP contribution in [0.5, 0.6) is 0 Å². The molecule has 0 saturated carbocycles. The number of halogens is 1. The number of carbonyl (C=O) groups excluding carboxylic acids is 2. The van der Waals surface area contributed by atoms with Crippen LogP contribution in [0.2, 0.25) is 0 Å². The van der Waals surface area contributed by atoms with Crippen LogP contribution in [0, 0.1) is 11.7 Å². The number of benzene rings is 1. The molecule has 8 heteroatoms. The van der Waals surface area contributed by atoms with E-state index in [1.165, 1.54) is 12.1 Å². The first-order valence-electron chi connectivity index (χ1n) is 9.07. The number of hydrogen-bond donors (Lipinski definition) is 1. The molecular formula is C19H21FN4O2S. The van der Waals surface area contributed by atoms with Crippen LogP contribution in [0.4, 0.5) is 10.2 Å². The van der Waals surface area contributed by atoms with Gasteiger partial charge < -0.3 is 10.2 Å². The van der Waals surface area contributed by atoms with Gasteiger partial charge in [0.1, 0.15) is 11.6 Å². The average molecular weight is 388 g/mol. The molecule has 1 aromatic heterocycles. The molecule has 3 heterocycles. The first-order valence-corrected chi connectivity index (χ1v) is 10.2. The molecule has 27 heavy (non-hydrogen) atoms. The Labute approximate surface area is 161 Å². The van der Waals surface area contributed by atoms with Crippen LogP contribution >= 0.6 is 11.8 Å². The summed E-state index contributed by atoms with van der Waals surface area (Å²) in [5.41, 5.74) is 2.46. The van der Waals surface area contributed by atoms with Crippen molar-refractivity contribution in [2.75, 3.05) is 18.4 Å². The first kappa shape index (κ1) is 18.0. The van der Waals surface area contributed by atoms with E-state index in [1.807, 2.05) is 0 Å². The van der Waals surface area contributed by atoms with E-state index in [4.69, 9.17) is 0 Å². The molecule has 2 aliphatic heterocycles. The Kier molecular flexibility index (Phi) is 4.90. The fraction of sp³-hybridized carbons (Fsp3) is 0.421. The van der Waals surface area contributed by atoms with Crippen LogP contribution in [0.25, 0.3) is 5.69 Å². The van der Waals surface area contributed by atoms with E-state index in [0.29, 0.717) is 30.5 Å². The van der Waals surface area contributed by atoms with Crippen molar-refractivity contribution in [3.63, 3.8) is 0 Å². The zero-order valence-corrected chi connectivity index (χ0v) is 15.9. The highest BCUT2D eigenvalue weighted by Crippen LogP contribution is 2.36. The van der Waals surface area contributed by atoms with Crippen molar-refractivity contribution in [2.45, 2.75) is 31.3 Å². The third kappa shape index (κ3) is 3.58. The summed E-state index contributed by atoms with van der Waals surface area (Å²) < 4.78 is 14.9. The van der Waals surface area contributed by atoms with Gasteiger partial charge in [-0.05, 0) is 43.0 Å². The molecule has 0 bridgehead atoms. The Hall–Kier alpha value is -2.35. The Balaban J connectivity index is 1.58. The number of rotatable bonds is 2. The van der Waals surface area contributed by atoms with Crippen LogP contribution in [0.15, 0.2) is 24.3 Å². The maximum Gasteiger partial charge on any atom is 0.315 e. The van der Waals surface area contributed by atoms with Crippen LogP contribution in [0.3, 0.4) is 0 Å². The van der Waals surface area contributed by atoms with Gasteiger partial charge in [0.25, 0.3) is 0 Å². The molecule has 1 aromatic carbocycles. The molecule has 1 fully saturated rings. The number of hydrogen-bond acceptors (Lipinski definition) is 4. The van der Waals surface area contributed by atoms with Crippen molar-refractivity contribution < 1.29 is 14.0 Å². The standard InChI is InChI=1S/C19H21FN4O2S/c1-12-6-8-23(9-7-12)19(26)18(25)21-17-15-10-27-11-16(15)22-24(17)14-4-2-13(20)3-5-14/h2-5,12H,6-11H2,1H3,(H,21,25). The Morgan fingerprint density at radius 3 is 2.59 bits per heavy atom. The minimum atomic E-state index is -0.646. The lowest BCUT2D eigenvalue weighted by Gasteiger charge is -2.29. The van der Waals surface area contributed by atoms with Gasteiger partial charge in [-0.2, -0.15) is 16.9 Å². The van der Waals surface area contributed by atoms with Gasteiger partial charge in [-0.25, -0.2) is 9.07 Å². The Morgan fingerprint density at radius 2 is 1.89 bits per heavy atom. The maximum absolute atomic E-state index is 13.3. The summed E-state index contributed by atoms with van der Waals surface area (Å²) in [5, 5.41) is 7.33. The van der Waals surface area contributed by atoms with Gasteiger partial charge in [0, 0.05) is 30.2 Å². The number of anilines is 1. The van der Waals surface area contributed by atoms with Crippen molar-refractivity contribution >= 4 is 29.4 Å². The Morgan fingerprint density at radius 1 is 1.19 bits per heavy atom. The van der Waals surface area contributed by atoms with E-state index in [0.717, 1.165) is 35.6 Å². The summed E-state index contributed by atoms with van der Waals surface area (Å²) in [4.78, 5) is 26.8. The van der Waals surface area contributed by atoms with E-state index in [1.54, 1.807) is 33.5 Å². The molecule has 2 aliphatic rings. The number of nitrogens with zero attached hydrogens (tertiary/aromatic N) is 3. The number of nitrogens with one attached hydrogen (secondary N) is 1. The summed E-state index contributed by atoms with van der Waals surface area (Å²) in [7, 11) is 0. The topological polar surface area (TPSA) is 67.2 Å². The lowest BCUT2D eigenvalue weighted by atomic mass is 9.99. The van der Waals surface area contributed by atoms with Crippen LogP contribution < -0.4 is 5.32 Å². The van der Waals surface area contributed by atoms with Crippen LogP contribution in [0.1, 0.15) is 31.0 Å². The Bertz CT molecular complexity index is 873. The van der Waals surface area contributed by atoms with E-state index in [2.05, 4.69) is 17.3 Å². The molecule has 0 atom stereocenters. The highest BCUT2D eigenvalue weighted by molar-refractivity contribution is 7.98. The molecule has 4 rings (SSSR count). The van der Waals surface area contributed by atoms with Crippen molar-refractivity contribution in [3.05, 3.63) is 41.3 Å². The molecule has 0 spiro atoms. The maximum atomic E-state index is 13.3. The number of fused-ring (bicyclic) bond motifs is 1. The van der Waals surface area contributed by atoms with Crippen LogP contribution in [-0.4, -0.2) is 39.6 Å². The lowest BCUT2D eigenvalue weighted by molar-refractivity contribution is -0.144. The van der Waals surface area contributed by atoms with Gasteiger partial charge in [-0.1, -0.05) is 6.92 Å². The molecule has 0 radical (unpaired) electrons. The molecular weight excluding hydrogens is 367 g/mol. The predicted molar refractivity (Wildman–Crippen MR) is 102 cm³/mol. The summed E-state index contributed by atoms with van der Waals surface area (Å²) in [5.74, 6) is 1.07. The molecule has 2 amide bonds. The third-order valence-electron chi connectivity index (χ3n) is 5.12. The molecule has 0 unspecified atom stereocenters. The SMILES string of the molecule is CC1CCN(C(=O)C(=O)Nc2c3c(nn2-c2ccc(F)cc2)CSC3)CC1. The third-order valence-corrected chi connectivity index (χ3v) is 6.09. The molecule has 2 aromatic rings. The number of piperidine rings is 1. The van der Waals surface area contributed by atoms with E-state index in [9.17, 15) is 14.0 Å². The molecule has 1 N–H and O–H groups in total. The first-order chi connectivity index (χ1) is 13.0. The zero-order chi connectivity index (χ0) is 19.0. The van der Waals surface area contributed by atoms with Gasteiger partial charge in [0.05, 0.1) is 11.4 Å². The molecule has 1 saturated heterocycles. The second-order valence-electron chi connectivity index (χ2n) is 7.08. The van der Waals surface area contributed by atoms with Gasteiger partial charge >= 0.3 is 11.8 Å². The minimum Gasteiger partial charge on any atom is -0.334 e. The largest absolute Gasteiger partial charge is 0.334 e. The number of aromatic nitrogens is 2. The summed E-state index contributed by atoms with van der Waals surface area (Å²) >= 11 is 1.71. The van der Waals surface area contributed by atoms with E-state index >= 15 is 0 Å². The minimum absolute atomic E-state index is 0.339. The van der Waals surface area contributed by atoms with Crippen molar-refractivity contribution in [1.82, 2.24) is 14.7 Å².